The van der Waals surface area contributed by atoms with E-state index in [1.165, 1.54) is 0 Å². The maximum atomic E-state index is 12.1. The second kappa shape index (κ2) is 14.8. The lowest BCUT2D eigenvalue weighted by Gasteiger charge is -2.14. The largest absolute Gasteiger partial charge is 0.449 e. The molecule has 0 saturated heterocycles. The van der Waals surface area contributed by atoms with Crippen LogP contribution in [0.4, 0.5) is 31.7 Å². The minimum absolute atomic E-state index is 0.105. The molecule has 0 fully saturated rings. The van der Waals surface area contributed by atoms with E-state index in [-0.39, 0.29) is 37.1 Å². The van der Waals surface area contributed by atoms with Gasteiger partial charge in [-0.15, -0.1) is 10.2 Å². The van der Waals surface area contributed by atoms with Gasteiger partial charge >= 0.3 is 18.3 Å². The number of nitrogens with one attached hydrogen (secondary N) is 3. The molecule has 12 heteroatoms. The Morgan fingerprint density at radius 1 is 0.667 bits per heavy atom. The average Bonchev–Trinajstić information content (AvgIpc) is 2.71. The van der Waals surface area contributed by atoms with Crippen LogP contribution in [0.2, 0.25) is 0 Å². The molecule has 0 aliphatic carbocycles. The van der Waals surface area contributed by atoms with E-state index < -0.39 is 18.3 Å². The van der Waals surface area contributed by atoms with E-state index in [1.807, 2.05) is 20.8 Å². The normalized spacial score (nSPS) is 10.1. The van der Waals surface area contributed by atoms with Gasteiger partial charge in [-0.3, -0.25) is 16.0 Å². The Morgan fingerprint density at radius 3 is 1.40 bits per heavy atom. The van der Waals surface area contributed by atoms with Crippen molar-refractivity contribution in [2.45, 2.75) is 59.3 Å². The summed E-state index contributed by atoms with van der Waals surface area (Å²) in [7, 11) is 0. The predicted octanol–water partition coefficient (Wildman–Crippen LogP) is 3.92. The van der Waals surface area contributed by atoms with E-state index in [0.29, 0.717) is 19.3 Å². The maximum absolute atomic E-state index is 12.1. The van der Waals surface area contributed by atoms with Gasteiger partial charge in [-0.1, -0.05) is 40.0 Å². The summed E-state index contributed by atoms with van der Waals surface area (Å²) in [4.78, 5) is 36.0. The first-order chi connectivity index (χ1) is 14.5. The number of rotatable bonds is 12. The summed E-state index contributed by atoms with van der Waals surface area (Å²) in [6.07, 6.45) is 2.25. The van der Waals surface area contributed by atoms with Crippen LogP contribution >= 0.6 is 0 Å². The summed E-state index contributed by atoms with van der Waals surface area (Å²) in [5, 5.41) is 18.1. The zero-order valence-electron chi connectivity index (χ0n) is 17.7. The van der Waals surface area contributed by atoms with Gasteiger partial charge in [-0.25, -0.2) is 14.4 Å². The monoisotopic (exact) mass is 426 g/mol. The molecular weight excluding hydrogens is 396 g/mol. The third-order valence-corrected chi connectivity index (χ3v) is 3.62. The highest BCUT2D eigenvalue weighted by Gasteiger charge is 2.20. The van der Waals surface area contributed by atoms with E-state index in [2.05, 4.69) is 31.4 Å². The first-order valence-electron chi connectivity index (χ1n) is 10.1. The highest BCUT2D eigenvalue weighted by atomic mass is 16.6. The molecule has 1 rings (SSSR count). The fourth-order valence-electron chi connectivity index (χ4n) is 1.95. The zero-order valence-corrected chi connectivity index (χ0v) is 17.7. The quantitative estimate of drug-likeness (QED) is 0.333. The molecule has 0 unspecified atom stereocenters. The standard InChI is InChI=1S/C18H30N6O6/c1-4-7-10-28-16(25)19-13-14(20-17(26)29-11-8-5-2)22-24-23-15(13)21-18(27)30-12-9-6-3/h4-12H2,1-3H3,(H,19,24,25)(H2,20,21,22,23,26,27). The molecule has 0 aliphatic rings. The number of anilines is 3. The minimum Gasteiger partial charge on any atom is -0.449 e. The van der Waals surface area contributed by atoms with Gasteiger partial charge in [0.05, 0.1) is 19.8 Å². The van der Waals surface area contributed by atoms with E-state index >= 15 is 0 Å². The van der Waals surface area contributed by atoms with Crippen molar-refractivity contribution in [3.63, 3.8) is 0 Å². The SMILES string of the molecule is CCCCOC(=O)Nc1nnnc(NC(=O)OCCCC)c1NC(=O)OCCCC. The maximum Gasteiger partial charge on any atom is 0.412 e. The van der Waals surface area contributed by atoms with Crippen LogP contribution < -0.4 is 16.0 Å². The second-order valence-electron chi connectivity index (χ2n) is 6.21. The summed E-state index contributed by atoms with van der Waals surface area (Å²) in [5.41, 5.74) is -0.105. The van der Waals surface area contributed by atoms with Gasteiger partial charge in [-0.2, -0.15) is 0 Å². The van der Waals surface area contributed by atoms with E-state index in [0.717, 1.165) is 19.3 Å². The van der Waals surface area contributed by atoms with Crippen LogP contribution in [0.1, 0.15) is 59.3 Å². The summed E-state index contributed by atoms with van der Waals surface area (Å²) >= 11 is 0. The van der Waals surface area contributed by atoms with Crippen LogP contribution in [0.25, 0.3) is 0 Å². The van der Waals surface area contributed by atoms with Gasteiger partial charge in [0.1, 0.15) is 5.69 Å². The molecule has 0 atom stereocenters. The first kappa shape index (κ1) is 24.9. The van der Waals surface area contributed by atoms with Crippen molar-refractivity contribution in [2.75, 3.05) is 35.8 Å². The van der Waals surface area contributed by atoms with Gasteiger partial charge in [0.15, 0.2) is 11.6 Å². The van der Waals surface area contributed by atoms with E-state index in [1.54, 1.807) is 0 Å². The minimum atomic E-state index is -0.803. The number of unbranched alkanes of at least 4 members (excludes halogenated alkanes) is 3. The number of aromatic nitrogens is 3. The topological polar surface area (TPSA) is 154 Å². The van der Waals surface area contributed by atoms with Gasteiger partial charge in [-0.05, 0) is 24.5 Å². The van der Waals surface area contributed by atoms with E-state index in [4.69, 9.17) is 14.2 Å². The number of hydrogen-bond acceptors (Lipinski definition) is 9. The molecule has 0 bridgehead atoms. The zero-order chi connectivity index (χ0) is 22.2. The van der Waals surface area contributed by atoms with Crippen molar-refractivity contribution in [1.82, 2.24) is 15.4 Å². The van der Waals surface area contributed by atoms with Crippen LogP contribution in [0, 0.1) is 0 Å². The Kier molecular flexibility index (Phi) is 12.2. The lowest BCUT2D eigenvalue weighted by atomic mass is 10.4. The van der Waals surface area contributed by atoms with Crippen molar-refractivity contribution in [2.24, 2.45) is 0 Å². The number of nitrogens with zero attached hydrogens (tertiary/aromatic N) is 3. The van der Waals surface area contributed by atoms with Crippen molar-refractivity contribution < 1.29 is 28.6 Å². The highest BCUT2D eigenvalue weighted by Crippen LogP contribution is 2.26. The molecule has 0 aromatic carbocycles. The van der Waals surface area contributed by atoms with Crippen LogP contribution in [0.3, 0.4) is 0 Å². The number of ether oxygens (including phenoxy) is 3. The van der Waals surface area contributed by atoms with Crippen LogP contribution in [0.5, 0.6) is 0 Å². The smallest absolute Gasteiger partial charge is 0.412 e. The molecule has 0 spiro atoms. The molecule has 1 aromatic heterocycles. The fourth-order valence-corrected chi connectivity index (χ4v) is 1.95. The van der Waals surface area contributed by atoms with Crippen molar-refractivity contribution in [1.29, 1.82) is 0 Å². The third kappa shape index (κ3) is 9.85. The summed E-state index contributed by atoms with van der Waals surface area (Å²) in [6.45, 7) is 6.52. The predicted molar refractivity (Wildman–Crippen MR) is 109 cm³/mol. The average molecular weight is 426 g/mol. The highest BCUT2D eigenvalue weighted by molar-refractivity contribution is 6.00. The molecule has 0 aliphatic heterocycles. The molecular formula is C18H30N6O6. The Bertz CT molecular complexity index is 645. The second-order valence-corrected chi connectivity index (χ2v) is 6.21. The lowest BCUT2D eigenvalue weighted by molar-refractivity contribution is 0.158. The third-order valence-electron chi connectivity index (χ3n) is 3.62. The summed E-state index contributed by atoms with van der Waals surface area (Å²) < 4.78 is 15.1. The molecule has 0 radical (unpaired) electrons. The van der Waals surface area contributed by atoms with Crippen molar-refractivity contribution >= 4 is 35.6 Å². The fraction of sp³-hybridized carbons (Fsp3) is 0.667. The lowest BCUT2D eigenvalue weighted by Crippen LogP contribution is -2.23. The molecule has 1 aromatic rings. The Hall–Kier alpha value is -3.18. The molecule has 0 saturated carbocycles. The number of hydrogen-bond donors (Lipinski definition) is 3. The molecule has 12 nitrogen and oxygen atoms in total. The summed E-state index contributed by atoms with van der Waals surface area (Å²) in [6, 6.07) is 0. The van der Waals surface area contributed by atoms with Crippen LogP contribution in [0.15, 0.2) is 0 Å². The Morgan fingerprint density at radius 2 is 1.03 bits per heavy atom. The van der Waals surface area contributed by atoms with Gasteiger partial charge < -0.3 is 14.2 Å². The van der Waals surface area contributed by atoms with Crippen LogP contribution in [-0.4, -0.2) is 53.5 Å². The van der Waals surface area contributed by atoms with Crippen molar-refractivity contribution in [3.05, 3.63) is 0 Å². The number of amides is 3. The molecule has 30 heavy (non-hydrogen) atoms. The van der Waals surface area contributed by atoms with Crippen LogP contribution in [-0.2, 0) is 14.2 Å². The molecule has 3 N–H and O–H groups in total. The van der Waals surface area contributed by atoms with E-state index in [9.17, 15) is 14.4 Å². The van der Waals surface area contributed by atoms with Gasteiger partial charge in [0.2, 0.25) is 0 Å². The number of carbonyl (C=O) groups excluding carboxylic acids is 3. The first-order valence-corrected chi connectivity index (χ1v) is 10.1. The number of carbonyl (C=O) groups is 3. The Labute approximate surface area is 175 Å². The van der Waals surface area contributed by atoms with Crippen molar-refractivity contribution in [3.8, 4) is 0 Å². The van der Waals surface area contributed by atoms with Gasteiger partial charge in [0.25, 0.3) is 0 Å². The summed E-state index contributed by atoms with van der Waals surface area (Å²) in [5.74, 6) is -0.328. The van der Waals surface area contributed by atoms with Gasteiger partial charge in [0, 0.05) is 0 Å². The molecule has 1 heterocycles. The molecule has 3 amide bonds. The molecule has 168 valence electrons. The Balaban J connectivity index is 2.94.